The van der Waals surface area contributed by atoms with Crippen LogP contribution in [-0.2, 0) is 11.3 Å². The predicted molar refractivity (Wildman–Crippen MR) is 128 cm³/mol. The Bertz CT molecular complexity index is 800. The molecule has 1 aromatic heterocycles. The van der Waals surface area contributed by atoms with E-state index in [9.17, 15) is 4.79 Å². The van der Waals surface area contributed by atoms with E-state index in [0.29, 0.717) is 12.5 Å². The molecule has 0 spiro atoms. The molecule has 0 N–H and O–H groups in total. The molecule has 5 rings (SSSR count). The van der Waals surface area contributed by atoms with Gasteiger partial charge in [-0.3, -0.25) is 4.90 Å². The van der Waals surface area contributed by atoms with Crippen molar-refractivity contribution >= 4 is 22.4 Å². The quantitative estimate of drug-likeness (QED) is 0.312. The van der Waals surface area contributed by atoms with E-state index in [0.717, 1.165) is 21.6 Å². The van der Waals surface area contributed by atoms with Crippen molar-refractivity contribution < 1.29 is 14.0 Å². The number of unbranched alkanes of at least 4 members (excludes halogenated alkanes) is 4. The SMILES string of the molecule is CCCCCCC[N+]12CCC(CC1)[C@@H](OC(=O)N(Cc1ccccc1)c1cccs1)C2. The number of anilines is 1. The van der Waals surface area contributed by atoms with E-state index in [1.165, 1.54) is 64.6 Å². The zero-order valence-electron chi connectivity index (χ0n) is 18.9. The highest BCUT2D eigenvalue weighted by Gasteiger charge is 2.47. The second kappa shape index (κ2) is 10.6. The molecule has 1 amide bonds. The minimum atomic E-state index is -0.189. The number of hydrogen-bond acceptors (Lipinski definition) is 3. The molecule has 0 radical (unpaired) electrons. The topological polar surface area (TPSA) is 29.5 Å². The largest absolute Gasteiger partial charge is 0.439 e. The first kappa shape index (κ1) is 22.3. The molecule has 0 unspecified atom stereocenters. The molecular weight excluding hydrogens is 404 g/mol. The van der Waals surface area contributed by atoms with Gasteiger partial charge in [0.2, 0.25) is 0 Å². The minimum Gasteiger partial charge on any atom is -0.439 e. The predicted octanol–water partition coefficient (Wildman–Crippen LogP) is 6.47. The monoisotopic (exact) mass is 441 g/mol. The van der Waals surface area contributed by atoms with Gasteiger partial charge in [-0.2, -0.15) is 0 Å². The van der Waals surface area contributed by atoms with Crippen LogP contribution in [0.4, 0.5) is 9.80 Å². The number of carbonyl (C=O) groups is 1. The first-order valence-corrected chi connectivity index (χ1v) is 13.0. The highest BCUT2D eigenvalue weighted by molar-refractivity contribution is 7.14. The van der Waals surface area contributed by atoms with Crippen molar-refractivity contribution in [3.63, 3.8) is 0 Å². The van der Waals surface area contributed by atoms with E-state index >= 15 is 0 Å². The summed E-state index contributed by atoms with van der Waals surface area (Å²) in [5.41, 5.74) is 1.12. The van der Waals surface area contributed by atoms with Gasteiger partial charge >= 0.3 is 6.09 Å². The lowest BCUT2D eigenvalue weighted by Crippen LogP contribution is -2.64. The lowest BCUT2D eigenvalue weighted by Gasteiger charge is -2.52. The number of nitrogens with zero attached hydrogens (tertiary/aromatic N) is 2. The highest BCUT2D eigenvalue weighted by atomic mass is 32.1. The lowest BCUT2D eigenvalue weighted by molar-refractivity contribution is -0.946. The summed E-state index contributed by atoms with van der Waals surface area (Å²) >= 11 is 1.59. The normalized spacial score (nSPS) is 24.8. The fourth-order valence-electron chi connectivity index (χ4n) is 5.33. The highest BCUT2D eigenvalue weighted by Crippen LogP contribution is 2.37. The first-order valence-electron chi connectivity index (χ1n) is 12.1. The molecule has 0 saturated carbocycles. The molecule has 31 heavy (non-hydrogen) atoms. The Balaban J connectivity index is 1.39. The molecule has 3 aliphatic heterocycles. The molecule has 4 heterocycles. The Kier molecular flexibility index (Phi) is 7.67. The number of rotatable bonds is 10. The van der Waals surface area contributed by atoms with Gasteiger partial charge < -0.3 is 9.22 Å². The van der Waals surface area contributed by atoms with Gasteiger partial charge in [0.25, 0.3) is 0 Å². The number of quaternary nitrogens is 1. The molecule has 4 nitrogen and oxygen atoms in total. The Morgan fingerprint density at radius 3 is 2.55 bits per heavy atom. The van der Waals surface area contributed by atoms with E-state index < -0.39 is 0 Å². The van der Waals surface area contributed by atoms with Gasteiger partial charge in [0.15, 0.2) is 6.10 Å². The van der Waals surface area contributed by atoms with Crippen molar-refractivity contribution in [3.05, 3.63) is 53.4 Å². The number of carbonyl (C=O) groups excluding carboxylic acids is 1. The molecule has 5 heteroatoms. The molecular formula is C26H37N2O2S+. The molecule has 2 aromatic rings. The van der Waals surface area contributed by atoms with Crippen molar-refractivity contribution in [2.45, 2.75) is 64.5 Å². The van der Waals surface area contributed by atoms with Crippen molar-refractivity contribution in [2.75, 3.05) is 31.1 Å². The number of amides is 1. The summed E-state index contributed by atoms with van der Waals surface area (Å²) in [6.07, 6.45) is 8.91. The Morgan fingerprint density at radius 2 is 1.84 bits per heavy atom. The maximum Gasteiger partial charge on any atom is 0.415 e. The van der Waals surface area contributed by atoms with Gasteiger partial charge in [0.05, 0.1) is 26.2 Å². The van der Waals surface area contributed by atoms with Crippen LogP contribution >= 0.6 is 11.3 Å². The third-order valence-electron chi connectivity index (χ3n) is 7.21. The molecule has 1 atom stereocenters. The Morgan fingerprint density at radius 1 is 1.06 bits per heavy atom. The van der Waals surface area contributed by atoms with E-state index in [4.69, 9.17) is 4.74 Å². The number of fused-ring (bicyclic) bond motifs is 3. The van der Waals surface area contributed by atoms with Crippen LogP contribution in [0.5, 0.6) is 0 Å². The summed E-state index contributed by atoms with van der Waals surface area (Å²) < 4.78 is 7.40. The van der Waals surface area contributed by atoms with Crippen LogP contribution in [0.1, 0.15) is 57.4 Å². The third kappa shape index (κ3) is 5.69. The second-order valence-electron chi connectivity index (χ2n) is 9.39. The molecule has 0 aliphatic carbocycles. The van der Waals surface area contributed by atoms with Crippen LogP contribution in [0.3, 0.4) is 0 Å². The van der Waals surface area contributed by atoms with E-state index in [2.05, 4.69) is 19.1 Å². The minimum absolute atomic E-state index is 0.0591. The summed E-state index contributed by atoms with van der Waals surface area (Å²) in [5, 5.41) is 2.98. The average molecular weight is 442 g/mol. The fourth-order valence-corrected chi connectivity index (χ4v) is 6.05. The number of hydrogen-bond donors (Lipinski definition) is 0. The maximum absolute atomic E-state index is 13.3. The zero-order chi connectivity index (χ0) is 21.5. The molecule has 3 aliphatic rings. The second-order valence-corrected chi connectivity index (χ2v) is 10.3. The van der Waals surface area contributed by atoms with Gasteiger partial charge in [0.1, 0.15) is 11.5 Å². The summed E-state index contributed by atoms with van der Waals surface area (Å²) in [6, 6.07) is 14.2. The Hall–Kier alpha value is -1.85. The van der Waals surface area contributed by atoms with Crippen LogP contribution in [0.25, 0.3) is 0 Å². The number of ether oxygens (including phenoxy) is 1. The maximum atomic E-state index is 13.3. The van der Waals surface area contributed by atoms with E-state index in [1.54, 1.807) is 11.3 Å². The first-order chi connectivity index (χ1) is 15.2. The van der Waals surface area contributed by atoms with Crippen molar-refractivity contribution in [1.82, 2.24) is 0 Å². The van der Waals surface area contributed by atoms with Gasteiger partial charge in [0, 0.05) is 18.8 Å². The smallest absolute Gasteiger partial charge is 0.415 e. The summed E-state index contributed by atoms with van der Waals surface area (Å²) in [4.78, 5) is 15.1. The van der Waals surface area contributed by atoms with Crippen molar-refractivity contribution in [1.29, 1.82) is 0 Å². The number of thiophene rings is 1. The molecule has 3 fully saturated rings. The van der Waals surface area contributed by atoms with Crippen LogP contribution in [0, 0.1) is 5.92 Å². The zero-order valence-corrected chi connectivity index (χ0v) is 19.7. The van der Waals surface area contributed by atoms with Gasteiger partial charge in [-0.1, -0.05) is 56.5 Å². The Labute approximate surface area is 191 Å². The van der Waals surface area contributed by atoms with Crippen LogP contribution in [-0.4, -0.2) is 42.9 Å². The van der Waals surface area contributed by atoms with Crippen LogP contribution in [0.15, 0.2) is 47.8 Å². The average Bonchev–Trinajstić information content (AvgIpc) is 3.33. The summed E-state index contributed by atoms with van der Waals surface area (Å²) in [7, 11) is 0. The molecule has 2 bridgehead atoms. The molecule has 1 aromatic carbocycles. The molecule has 3 saturated heterocycles. The third-order valence-corrected chi connectivity index (χ3v) is 8.10. The van der Waals surface area contributed by atoms with Crippen LogP contribution < -0.4 is 4.90 Å². The number of piperidine rings is 3. The van der Waals surface area contributed by atoms with Crippen molar-refractivity contribution in [3.8, 4) is 0 Å². The standard InChI is InChI=1S/C26H37N2O2S/c1-2-3-4-5-9-16-28-17-14-23(15-18-28)24(21-28)30-26(29)27(25-13-10-19-31-25)20-22-11-7-6-8-12-22/h6-8,10-13,19,23-24H,2-5,9,14-18,20-21H2,1H3/q+1/t23?,24-,28?/m0/s1. The van der Waals surface area contributed by atoms with Crippen LogP contribution in [0.2, 0.25) is 0 Å². The number of benzene rings is 1. The summed E-state index contributed by atoms with van der Waals surface area (Å²) in [5.74, 6) is 0.533. The summed E-state index contributed by atoms with van der Waals surface area (Å²) in [6.45, 7) is 7.62. The van der Waals surface area contributed by atoms with Crippen molar-refractivity contribution in [2.24, 2.45) is 5.92 Å². The van der Waals surface area contributed by atoms with E-state index in [-0.39, 0.29) is 12.2 Å². The fraction of sp³-hybridized carbons (Fsp3) is 0.577. The lowest BCUT2D eigenvalue weighted by atomic mass is 9.83. The van der Waals surface area contributed by atoms with E-state index in [1.807, 2.05) is 40.6 Å². The van der Waals surface area contributed by atoms with Gasteiger partial charge in [-0.15, -0.1) is 11.3 Å². The van der Waals surface area contributed by atoms with Gasteiger partial charge in [-0.05, 0) is 35.9 Å². The van der Waals surface area contributed by atoms with Gasteiger partial charge in [-0.25, -0.2) is 4.79 Å². The molecule has 168 valence electrons.